The minimum Gasteiger partial charge on any atom is -0.481 e. The van der Waals surface area contributed by atoms with Crippen molar-refractivity contribution in [1.82, 2.24) is 10.6 Å². The van der Waals surface area contributed by atoms with Gasteiger partial charge in [-0.25, -0.2) is 4.79 Å². The van der Waals surface area contributed by atoms with Crippen molar-refractivity contribution in [3.63, 3.8) is 0 Å². The fourth-order valence-electron chi connectivity index (χ4n) is 1.49. The summed E-state index contributed by atoms with van der Waals surface area (Å²) in [6.07, 6.45) is 0. The van der Waals surface area contributed by atoms with E-state index in [-0.39, 0.29) is 18.5 Å². The summed E-state index contributed by atoms with van der Waals surface area (Å²) in [5.41, 5.74) is 0. The van der Waals surface area contributed by atoms with E-state index < -0.39 is 11.9 Å². The Balaban J connectivity index is 2.33. The Morgan fingerprint density at radius 1 is 1.37 bits per heavy atom. The van der Waals surface area contributed by atoms with Crippen LogP contribution in [0.25, 0.3) is 0 Å². The molecule has 0 aliphatic heterocycles. The number of carboxylic acid groups (broad SMARTS) is 1. The summed E-state index contributed by atoms with van der Waals surface area (Å²) in [6, 6.07) is 3.48. The van der Waals surface area contributed by atoms with Crippen LogP contribution in [0.5, 0.6) is 0 Å². The monoisotopic (exact) mass is 348 g/mol. The highest BCUT2D eigenvalue weighted by Crippen LogP contribution is 2.21. The molecule has 3 N–H and O–H groups in total. The third-order valence-corrected chi connectivity index (χ3v) is 4.28. The number of halogens is 1. The summed E-state index contributed by atoms with van der Waals surface area (Å²) in [6.45, 7) is 4.21. The van der Waals surface area contributed by atoms with Gasteiger partial charge in [0.1, 0.15) is 0 Å². The van der Waals surface area contributed by atoms with Crippen LogP contribution in [0.15, 0.2) is 15.9 Å². The Kier molecular flexibility index (Phi) is 6.30. The molecule has 0 aromatic carbocycles. The van der Waals surface area contributed by atoms with Crippen LogP contribution in [0.2, 0.25) is 0 Å². The lowest BCUT2D eigenvalue weighted by Gasteiger charge is -2.16. The van der Waals surface area contributed by atoms with Crippen molar-refractivity contribution in [2.45, 2.75) is 20.4 Å². The molecule has 0 radical (unpaired) electrons. The van der Waals surface area contributed by atoms with Gasteiger partial charge in [-0.3, -0.25) is 4.79 Å². The highest BCUT2D eigenvalue weighted by molar-refractivity contribution is 9.11. The molecule has 1 unspecified atom stereocenters. The van der Waals surface area contributed by atoms with Gasteiger partial charge in [0.15, 0.2) is 0 Å². The molecular weight excluding hydrogens is 332 g/mol. The first-order chi connectivity index (χ1) is 8.90. The van der Waals surface area contributed by atoms with Crippen LogP contribution in [0.1, 0.15) is 18.7 Å². The molecule has 0 spiro atoms. The van der Waals surface area contributed by atoms with Crippen LogP contribution >= 0.6 is 27.3 Å². The maximum atomic E-state index is 11.6. The number of rotatable bonds is 6. The van der Waals surface area contributed by atoms with Crippen molar-refractivity contribution in [1.29, 1.82) is 0 Å². The molecule has 1 rings (SSSR count). The molecule has 7 heteroatoms. The molecule has 1 aromatic heterocycles. The lowest BCUT2D eigenvalue weighted by atomic mass is 9.96. The van der Waals surface area contributed by atoms with Gasteiger partial charge in [0, 0.05) is 11.4 Å². The molecule has 0 saturated heterocycles. The van der Waals surface area contributed by atoms with Crippen LogP contribution in [-0.4, -0.2) is 23.7 Å². The van der Waals surface area contributed by atoms with Crippen molar-refractivity contribution >= 4 is 39.3 Å². The predicted octanol–water partition coefficient (Wildman–Crippen LogP) is 2.67. The van der Waals surface area contributed by atoms with E-state index in [9.17, 15) is 9.59 Å². The summed E-state index contributed by atoms with van der Waals surface area (Å²) in [5, 5.41) is 14.3. The molecule has 19 heavy (non-hydrogen) atoms. The third-order valence-electron chi connectivity index (χ3n) is 2.66. The van der Waals surface area contributed by atoms with Gasteiger partial charge < -0.3 is 15.7 Å². The van der Waals surface area contributed by atoms with Gasteiger partial charge in [0.25, 0.3) is 0 Å². The van der Waals surface area contributed by atoms with Crippen LogP contribution in [0.4, 0.5) is 4.79 Å². The summed E-state index contributed by atoms with van der Waals surface area (Å²) in [5.74, 6) is -1.48. The van der Waals surface area contributed by atoms with E-state index in [1.54, 1.807) is 11.3 Å². The number of urea groups is 1. The number of hydrogen-bond donors (Lipinski definition) is 3. The summed E-state index contributed by atoms with van der Waals surface area (Å²) in [4.78, 5) is 23.5. The van der Waals surface area contributed by atoms with Gasteiger partial charge in [-0.2, -0.15) is 0 Å². The number of amides is 2. The van der Waals surface area contributed by atoms with Gasteiger partial charge in [0.05, 0.1) is 16.2 Å². The summed E-state index contributed by atoms with van der Waals surface area (Å²) < 4.78 is 1.01. The van der Waals surface area contributed by atoms with E-state index in [2.05, 4.69) is 26.6 Å². The zero-order chi connectivity index (χ0) is 14.4. The van der Waals surface area contributed by atoms with E-state index in [1.165, 1.54) is 0 Å². The fraction of sp³-hybridized carbons (Fsp3) is 0.500. The number of hydrogen-bond acceptors (Lipinski definition) is 3. The van der Waals surface area contributed by atoms with E-state index in [0.717, 1.165) is 8.66 Å². The predicted molar refractivity (Wildman–Crippen MR) is 78.2 cm³/mol. The van der Waals surface area contributed by atoms with Gasteiger partial charge in [0.2, 0.25) is 0 Å². The van der Waals surface area contributed by atoms with Gasteiger partial charge in [-0.15, -0.1) is 11.3 Å². The van der Waals surface area contributed by atoms with Gasteiger partial charge in [-0.05, 0) is 34.0 Å². The number of nitrogens with one attached hydrogen (secondary N) is 2. The number of thiophene rings is 1. The number of aliphatic carboxylic acids is 1. The molecule has 1 atom stereocenters. The number of carbonyl (C=O) groups is 2. The van der Waals surface area contributed by atoms with Gasteiger partial charge in [-0.1, -0.05) is 13.8 Å². The zero-order valence-corrected chi connectivity index (χ0v) is 13.2. The minimum atomic E-state index is -0.891. The lowest BCUT2D eigenvalue weighted by Crippen LogP contribution is -2.40. The molecule has 0 fully saturated rings. The fourth-order valence-corrected chi connectivity index (χ4v) is 2.91. The van der Waals surface area contributed by atoms with Gasteiger partial charge >= 0.3 is 12.0 Å². The lowest BCUT2D eigenvalue weighted by molar-refractivity contribution is -0.142. The molecule has 0 aliphatic carbocycles. The average molecular weight is 349 g/mol. The molecule has 0 aliphatic rings. The first kappa shape index (κ1) is 16.0. The van der Waals surface area contributed by atoms with E-state index in [4.69, 9.17) is 5.11 Å². The van der Waals surface area contributed by atoms with E-state index in [1.807, 2.05) is 26.0 Å². The van der Waals surface area contributed by atoms with Crippen molar-refractivity contribution in [2.75, 3.05) is 6.54 Å². The second kappa shape index (κ2) is 7.49. The minimum absolute atomic E-state index is 0.0222. The molecule has 1 heterocycles. The zero-order valence-electron chi connectivity index (χ0n) is 10.8. The first-order valence-corrected chi connectivity index (χ1v) is 7.49. The molecular formula is C12H17BrN2O3S. The molecule has 0 bridgehead atoms. The molecule has 0 saturated carbocycles. The maximum Gasteiger partial charge on any atom is 0.315 e. The van der Waals surface area contributed by atoms with E-state index >= 15 is 0 Å². The van der Waals surface area contributed by atoms with Crippen LogP contribution in [0.3, 0.4) is 0 Å². The number of carboxylic acids is 1. The average Bonchev–Trinajstić information content (AvgIpc) is 2.71. The Labute approximate surface area is 124 Å². The Morgan fingerprint density at radius 3 is 2.53 bits per heavy atom. The van der Waals surface area contributed by atoms with Crippen molar-refractivity contribution in [2.24, 2.45) is 11.8 Å². The Hall–Kier alpha value is -1.08. The SMILES string of the molecule is CC(C)C(CNC(=O)NCc1ccc(Br)s1)C(=O)O. The normalized spacial score (nSPS) is 12.2. The smallest absolute Gasteiger partial charge is 0.315 e. The second-order valence-electron chi connectivity index (χ2n) is 4.46. The van der Waals surface area contributed by atoms with E-state index in [0.29, 0.717) is 6.54 Å². The summed E-state index contributed by atoms with van der Waals surface area (Å²) >= 11 is 4.89. The molecule has 106 valence electrons. The Bertz CT molecular complexity index is 448. The first-order valence-electron chi connectivity index (χ1n) is 5.89. The molecule has 1 aromatic rings. The van der Waals surface area contributed by atoms with Crippen LogP contribution in [0, 0.1) is 11.8 Å². The standard InChI is InChI=1S/C12H17BrN2O3S/c1-7(2)9(11(16)17)6-15-12(18)14-5-8-3-4-10(13)19-8/h3-4,7,9H,5-6H2,1-2H3,(H,16,17)(H2,14,15,18). The van der Waals surface area contributed by atoms with Crippen LogP contribution < -0.4 is 10.6 Å². The molecule has 2 amide bonds. The molecule has 5 nitrogen and oxygen atoms in total. The van der Waals surface area contributed by atoms with Crippen molar-refractivity contribution in [3.05, 3.63) is 20.8 Å². The van der Waals surface area contributed by atoms with Crippen LogP contribution in [-0.2, 0) is 11.3 Å². The maximum absolute atomic E-state index is 11.6. The van der Waals surface area contributed by atoms with Crippen molar-refractivity contribution < 1.29 is 14.7 Å². The summed E-state index contributed by atoms with van der Waals surface area (Å²) in [7, 11) is 0. The third kappa shape index (κ3) is 5.61. The number of carbonyl (C=O) groups excluding carboxylic acids is 1. The second-order valence-corrected chi connectivity index (χ2v) is 7.01. The topological polar surface area (TPSA) is 78.4 Å². The highest BCUT2D eigenvalue weighted by atomic mass is 79.9. The quantitative estimate of drug-likeness (QED) is 0.739. The Morgan fingerprint density at radius 2 is 2.05 bits per heavy atom. The van der Waals surface area contributed by atoms with Crippen molar-refractivity contribution in [3.8, 4) is 0 Å². The highest BCUT2D eigenvalue weighted by Gasteiger charge is 2.21. The largest absolute Gasteiger partial charge is 0.481 e.